The Morgan fingerprint density at radius 3 is 2.33 bits per heavy atom. The first kappa shape index (κ1) is 15.7. The highest BCUT2D eigenvalue weighted by Gasteiger charge is 2.21. The average molecular weight is 307 g/mol. The summed E-state index contributed by atoms with van der Waals surface area (Å²) in [5, 5.41) is 11.1. The van der Waals surface area contributed by atoms with Gasteiger partial charge in [-0.2, -0.15) is 0 Å². The van der Waals surface area contributed by atoms with Crippen LogP contribution in [0.4, 0.5) is 0 Å². The molecule has 21 heavy (non-hydrogen) atoms. The standard InChI is InChI=1S/C17H19ClO3/c1-10-5-6-11(2)13(9-10)16(19)12-7-8-14(20-3)15(18)17(12)21-4/h5-9,16,19H,1-4H3. The van der Waals surface area contributed by atoms with Crippen LogP contribution in [0.2, 0.25) is 5.02 Å². The summed E-state index contributed by atoms with van der Waals surface area (Å²) in [6.45, 7) is 3.96. The third-order valence-electron chi connectivity index (χ3n) is 3.54. The first-order valence-electron chi connectivity index (χ1n) is 6.65. The van der Waals surface area contributed by atoms with Crippen LogP contribution in [-0.4, -0.2) is 19.3 Å². The van der Waals surface area contributed by atoms with Crippen LogP contribution in [0.1, 0.15) is 28.4 Å². The highest BCUT2D eigenvalue weighted by atomic mass is 35.5. The zero-order valence-electron chi connectivity index (χ0n) is 12.6. The van der Waals surface area contributed by atoms with E-state index < -0.39 is 6.10 Å². The van der Waals surface area contributed by atoms with Crippen molar-refractivity contribution >= 4 is 11.6 Å². The van der Waals surface area contributed by atoms with E-state index in [0.717, 1.165) is 16.7 Å². The second-order valence-electron chi connectivity index (χ2n) is 4.97. The molecular weight excluding hydrogens is 288 g/mol. The molecule has 1 atom stereocenters. The van der Waals surface area contributed by atoms with Gasteiger partial charge in [0.2, 0.25) is 0 Å². The Hall–Kier alpha value is -1.71. The summed E-state index contributed by atoms with van der Waals surface area (Å²) in [6.07, 6.45) is -0.803. The topological polar surface area (TPSA) is 38.7 Å². The molecule has 1 N–H and O–H groups in total. The van der Waals surface area contributed by atoms with Gasteiger partial charge in [0, 0.05) is 5.56 Å². The van der Waals surface area contributed by atoms with Gasteiger partial charge in [0.15, 0.2) is 0 Å². The number of aliphatic hydroxyl groups excluding tert-OH is 1. The minimum absolute atomic E-state index is 0.363. The van der Waals surface area contributed by atoms with Crippen LogP contribution in [0.25, 0.3) is 0 Å². The van der Waals surface area contributed by atoms with E-state index in [-0.39, 0.29) is 0 Å². The number of rotatable bonds is 4. The molecule has 0 aliphatic carbocycles. The van der Waals surface area contributed by atoms with Crippen LogP contribution in [0.3, 0.4) is 0 Å². The maximum atomic E-state index is 10.7. The minimum Gasteiger partial charge on any atom is -0.495 e. The van der Waals surface area contributed by atoms with Gasteiger partial charge in [0.1, 0.15) is 22.6 Å². The molecule has 1 unspecified atom stereocenters. The Morgan fingerprint density at radius 2 is 1.71 bits per heavy atom. The van der Waals surface area contributed by atoms with Crippen molar-refractivity contribution < 1.29 is 14.6 Å². The highest BCUT2D eigenvalue weighted by Crippen LogP contribution is 2.41. The molecular formula is C17H19ClO3. The fourth-order valence-corrected chi connectivity index (χ4v) is 2.68. The lowest BCUT2D eigenvalue weighted by molar-refractivity contribution is 0.213. The number of hydrogen-bond donors (Lipinski definition) is 1. The number of methoxy groups -OCH3 is 2. The molecule has 0 saturated heterocycles. The van der Waals surface area contributed by atoms with Gasteiger partial charge in [-0.15, -0.1) is 0 Å². The van der Waals surface area contributed by atoms with E-state index in [4.69, 9.17) is 21.1 Å². The first-order chi connectivity index (χ1) is 9.99. The highest BCUT2D eigenvalue weighted by molar-refractivity contribution is 6.33. The van der Waals surface area contributed by atoms with E-state index in [9.17, 15) is 5.11 Å². The molecule has 0 fully saturated rings. The molecule has 112 valence electrons. The van der Waals surface area contributed by atoms with Crippen LogP contribution in [0.15, 0.2) is 30.3 Å². The number of aryl methyl sites for hydroxylation is 2. The average Bonchev–Trinajstić information content (AvgIpc) is 2.48. The molecule has 0 spiro atoms. The van der Waals surface area contributed by atoms with E-state index in [2.05, 4.69) is 0 Å². The summed E-state index contributed by atoms with van der Waals surface area (Å²) in [5.74, 6) is 0.954. The first-order valence-corrected chi connectivity index (χ1v) is 7.03. The molecule has 0 aliphatic heterocycles. The summed E-state index contributed by atoms with van der Waals surface area (Å²) in [5.41, 5.74) is 3.57. The quantitative estimate of drug-likeness (QED) is 0.926. The van der Waals surface area contributed by atoms with Crippen LogP contribution in [-0.2, 0) is 0 Å². The van der Waals surface area contributed by atoms with Gasteiger partial charge in [0.05, 0.1) is 14.2 Å². The third-order valence-corrected chi connectivity index (χ3v) is 3.90. The summed E-state index contributed by atoms with van der Waals surface area (Å²) < 4.78 is 10.5. The van der Waals surface area contributed by atoms with E-state index in [1.165, 1.54) is 7.11 Å². The Labute approximate surface area is 130 Å². The predicted molar refractivity (Wildman–Crippen MR) is 84.5 cm³/mol. The summed E-state index contributed by atoms with van der Waals surface area (Å²) in [6, 6.07) is 9.48. The number of halogens is 1. The third kappa shape index (κ3) is 2.99. The van der Waals surface area contributed by atoms with Crippen LogP contribution >= 0.6 is 11.6 Å². The lowest BCUT2D eigenvalue weighted by Gasteiger charge is -2.19. The fourth-order valence-electron chi connectivity index (χ4n) is 2.36. The van der Waals surface area contributed by atoms with Crippen LogP contribution in [0, 0.1) is 13.8 Å². The smallest absolute Gasteiger partial charge is 0.147 e. The molecule has 0 radical (unpaired) electrons. The largest absolute Gasteiger partial charge is 0.495 e. The van der Waals surface area contributed by atoms with Gasteiger partial charge < -0.3 is 14.6 Å². The predicted octanol–water partition coefficient (Wildman–Crippen LogP) is 4.06. The second kappa shape index (κ2) is 6.37. The molecule has 0 bridgehead atoms. The Balaban J connectivity index is 2.55. The number of aliphatic hydroxyl groups is 1. The number of benzene rings is 2. The maximum Gasteiger partial charge on any atom is 0.147 e. The Morgan fingerprint density at radius 1 is 1.00 bits per heavy atom. The molecule has 0 aliphatic rings. The van der Waals surface area contributed by atoms with Crippen molar-refractivity contribution in [3.05, 3.63) is 57.6 Å². The molecule has 2 rings (SSSR count). The van der Waals surface area contributed by atoms with E-state index in [1.807, 2.05) is 32.0 Å². The van der Waals surface area contributed by atoms with Gasteiger partial charge >= 0.3 is 0 Å². The van der Waals surface area contributed by atoms with Crippen molar-refractivity contribution in [2.75, 3.05) is 14.2 Å². The zero-order valence-corrected chi connectivity index (χ0v) is 13.4. The van der Waals surface area contributed by atoms with E-state index in [0.29, 0.717) is 22.1 Å². The lowest BCUT2D eigenvalue weighted by Crippen LogP contribution is -2.05. The van der Waals surface area contributed by atoms with Gasteiger partial charge in [0.25, 0.3) is 0 Å². The van der Waals surface area contributed by atoms with Crippen molar-refractivity contribution in [2.24, 2.45) is 0 Å². The molecule has 0 aromatic heterocycles. The van der Waals surface area contributed by atoms with Crippen molar-refractivity contribution in [1.29, 1.82) is 0 Å². The molecule has 0 saturated carbocycles. The van der Waals surface area contributed by atoms with Crippen molar-refractivity contribution in [3.63, 3.8) is 0 Å². The summed E-state index contributed by atoms with van der Waals surface area (Å²) in [7, 11) is 3.07. The van der Waals surface area contributed by atoms with Gasteiger partial charge in [-0.25, -0.2) is 0 Å². The lowest BCUT2D eigenvalue weighted by atomic mass is 9.95. The van der Waals surface area contributed by atoms with E-state index >= 15 is 0 Å². The van der Waals surface area contributed by atoms with Crippen LogP contribution in [0.5, 0.6) is 11.5 Å². The number of ether oxygens (including phenoxy) is 2. The minimum atomic E-state index is -0.803. The molecule has 3 nitrogen and oxygen atoms in total. The monoisotopic (exact) mass is 306 g/mol. The summed E-state index contributed by atoms with van der Waals surface area (Å²) >= 11 is 6.26. The fraction of sp³-hybridized carbons (Fsp3) is 0.294. The van der Waals surface area contributed by atoms with Crippen molar-refractivity contribution in [3.8, 4) is 11.5 Å². The van der Waals surface area contributed by atoms with Crippen molar-refractivity contribution in [1.82, 2.24) is 0 Å². The molecule has 0 heterocycles. The molecule has 4 heteroatoms. The Bertz CT molecular complexity index is 653. The van der Waals surface area contributed by atoms with Crippen LogP contribution < -0.4 is 9.47 Å². The molecule has 0 amide bonds. The number of hydrogen-bond acceptors (Lipinski definition) is 3. The second-order valence-corrected chi connectivity index (χ2v) is 5.34. The van der Waals surface area contributed by atoms with Gasteiger partial charge in [-0.3, -0.25) is 0 Å². The van der Waals surface area contributed by atoms with E-state index in [1.54, 1.807) is 19.2 Å². The van der Waals surface area contributed by atoms with Gasteiger partial charge in [-0.05, 0) is 37.1 Å². The van der Waals surface area contributed by atoms with Crippen molar-refractivity contribution in [2.45, 2.75) is 20.0 Å². The maximum absolute atomic E-state index is 10.7. The van der Waals surface area contributed by atoms with Gasteiger partial charge in [-0.1, -0.05) is 35.4 Å². The Kier molecular flexibility index (Phi) is 4.76. The zero-order chi connectivity index (χ0) is 15.6. The SMILES string of the molecule is COc1ccc(C(O)c2cc(C)ccc2C)c(OC)c1Cl. The molecule has 2 aromatic carbocycles. The molecule has 2 aromatic rings. The summed E-state index contributed by atoms with van der Waals surface area (Å²) in [4.78, 5) is 0. The normalized spacial score (nSPS) is 12.1.